The van der Waals surface area contributed by atoms with Gasteiger partial charge in [-0.1, -0.05) is 6.92 Å². The van der Waals surface area contributed by atoms with E-state index in [4.69, 9.17) is 14.2 Å². The van der Waals surface area contributed by atoms with E-state index in [9.17, 15) is 24.6 Å². The number of aromatic hydroxyl groups is 1. The molecule has 3 aliphatic heterocycles. The molecule has 2 amide bonds. The number of hydrogen-bond donors (Lipinski definition) is 3. The van der Waals surface area contributed by atoms with Crippen LogP contribution in [0, 0.1) is 13.8 Å². The van der Waals surface area contributed by atoms with Crippen molar-refractivity contribution in [2.24, 2.45) is 0 Å². The zero-order valence-electron chi connectivity index (χ0n) is 26.8. The van der Waals surface area contributed by atoms with Gasteiger partial charge in [0, 0.05) is 44.9 Å². The van der Waals surface area contributed by atoms with Crippen LogP contribution in [0.3, 0.4) is 0 Å². The minimum absolute atomic E-state index is 0.0805. The smallest absolute Gasteiger partial charge is 0.410 e. The Morgan fingerprint density at radius 3 is 2.35 bits per heavy atom. The summed E-state index contributed by atoms with van der Waals surface area (Å²) in [6, 6.07) is 3.40. The zero-order valence-corrected chi connectivity index (χ0v) is 26.8. The van der Waals surface area contributed by atoms with Crippen molar-refractivity contribution in [3.8, 4) is 5.75 Å². The number of nitrogens with zero attached hydrogens (tertiary/aromatic N) is 2. The first-order chi connectivity index (χ1) is 20.2. The van der Waals surface area contributed by atoms with Crippen molar-refractivity contribution >= 4 is 18.0 Å². The van der Waals surface area contributed by atoms with Gasteiger partial charge >= 0.3 is 12.1 Å². The lowest BCUT2D eigenvalue weighted by atomic mass is 9.88. The summed E-state index contributed by atoms with van der Waals surface area (Å²) in [6.07, 6.45) is 4.23. The van der Waals surface area contributed by atoms with Gasteiger partial charge in [0.25, 0.3) is 5.91 Å². The highest BCUT2D eigenvalue weighted by molar-refractivity contribution is 5.94. The fourth-order valence-electron chi connectivity index (χ4n) is 5.90. The second kappa shape index (κ2) is 14.7. The number of likely N-dealkylation sites (tertiary alicyclic amines) is 1. The van der Waals surface area contributed by atoms with Crippen LogP contribution in [0.1, 0.15) is 87.7 Å². The molecule has 3 saturated heterocycles. The van der Waals surface area contributed by atoms with Crippen molar-refractivity contribution in [3.63, 3.8) is 0 Å². The molecule has 242 valence electrons. The summed E-state index contributed by atoms with van der Waals surface area (Å²) >= 11 is 0. The van der Waals surface area contributed by atoms with E-state index in [2.05, 4.69) is 10.2 Å². The molecule has 3 heterocycles. The first kappa shape index (κ1) is 34.6. The van der Waals surface area contributed by atoms with E-state index in [-0.39, 0.29) is 23.3 Å². The van der Waals surface area contributed by atoms with E-state index in [1.54, 1.807) is 30.9 Å². The number of carbonyl (C=O) groups is 3. The molecule has 3 N–H and O–H groups in total. The number of hydrogen-bond acceptors (Lipinski definition) is 8. The number of phenolic OH excluding ortho intramolecular Hbond substituents is 1. The first-order valence-corrected chi connectivity index (χ1v) is 15.5. The molecule has 0 aromatic heterocycles. The molecule has 1 aromatic carbocycles. The molecule has 1 aromatic rings. The minimum atomic E-state index is -1.08. The number of morpholine rings is 1. The number of phenols is 1. The Kier molecular flexibility index (Phi) is 11.8. The number of benzene rings is 1. The van der Waals surface area contributed by atoms with E-state index in [1.165, 1.54) is 0 Å². The number of carbonyl (C=O) groups excluding carboxylic acids is 2. The number of nitrogens with one attached hydrogen (secondary N) is 1. The lowest BCUT2D eigenvalue weighted by molar-refractivity contribution is -0.175. The van der Waals surface area contributed by atoms with Crippen molar-refractivity contribution < 1.29 is 38.8 Å². The Hall–Kier alpha value is -2.89. The van der Waals surface area contributed by atoms with Crippen molar-refractivity contribution in [1.82, 2.24) is 15.1 Å². The largest absolute Gasteiger partial charge is 0.507 e. The van der Waals surface area contributed by atoms with Crippen LogP contribution in [-0.4, -0.2) is 107 Å². The van der Waals surface area contributed by atoms with E-state index in [0.717, 1.165) is 43.4 Å². The monoisotopic (exact) mass is 605 g/mol. The molecular formula is C32H51N3O8. The van der Waals surface area contributed by atoms with Gasteiger partial charge in [-0.2, -0.15) is 0 Å². The molecule has 2 atom stereocenters. The second-order valence-corrected chi connectivity index (χ2v) is 13.0. The lowest BCUT2D eigenvalue weighted by Crippen LogP contribution is -2.60. The molecule has 0 bridgehead atoms. The van der Waals surface area contributed by atoms with Gasteiger partial charge in [-0.15, -0.1) is 0 Å². The lowest BCUT2D eigenvalue weighted by Gasteiger charge is -2.46. The number of carboxylic acids is 1. The summed E-state index contributed by atoms with van der Waals surface area (Å²) in [5, 5.41) is 22.1. The molecule has 3 fully saturated rings. The van der Waals surface area contributed by atoms with Gasteiger partial charge in [0.15, 0.2) is 5.60 Å². The average molecular weight is 606 g/mol. The average Bonchev–Trinajstić information content (AvgIpc) is 3.38. The Morgan fingerprint density at radius 1 is 1.07 bits per heavy atom. The topological polar surface area (TPSA) is 138 Å². The third kappa shape index (κ3) is 9.06. The number of ether oxygens (including phenoxy) is 3. The fraction of sp³-hybridized carbons (Fsp3) is 0.719. The molecule has 3 aliphatic rings. The number of aliphatic carboxylic acids is 1. The third-order valence-corrected chi connectivity index (χ3v) is 8.35. The highest BCUT2D eigenvalue weighted by Crippen LogP contribution is 2.35. The maximum absolute atomic E-state index is 12.5. The number of aryl methyl sites for hydroxylation is 2. The van der Waals surface area contributed by atoms with Crippen LogP contribution in [0.15, 0.2) is 12.1 Å². The number of amides is 2. The van der Waals surface area contributed by atoms with Crippen LogP contribution in [0.2, 0.25) is 0 Å². The summed E-state index contributed by atoms with van der Waals surface area (Å²) in [6.45, 7) is 16.1. The molecule has 1 spiro atoms. The molecule has 0 unspecified atom stereocenters. The van der Waals surface area contributed by atoms with Crippen LogP contribution in [0.25, 0.3) is 0 Å². The van der Waals surface area contributed by atoms with Gasteiger partial charge in [0.1, 0.15) is 11.4 Å². The van der Waals surface area contributed by atoms with Crippen LogP contribution >= 0.6 is 0 Å². The van der Waals surface area contributed by atoms with Crippen LogP contribution < -0.4 is 5.32 Å². The molecule has 43 heavy (non-hydrogen) atoms. The zero-order chi connectivity index (χ0) is 31.8. The van der Waals surface area contributed by atoms with Gasteiger partial charge < -0.3 is 34.6 Å². The van der Waals surface area contributed by atoms with Gasteiger partial charge in [-0.05, 0) is 96.4 Å². The predicted molar refractivity (Wildman–Crippen MR) is 163 cm³/mol. The minimum Gasteiger partial charge on any atom is -0.507 e. The van der Waals surface area contributed by atoms with Crippen molar-refractivity contribution in [3.05, 3.63) is 28.8 Å². The normalized spacial score (nSPS) is 24.3. The van der Waals surface area contributed by atoms with E-state index < -0.39 is 17.2 Å². The van der Waals surface area contributed by atoms with Gasteiger partial charge in [-0.3, -0.25) is 9.69 Å². The van der Waals surface area contributed by atoms with Gasteiger partial charge in [0.2, 0.25) is 0 Å². The Morgan fingerprint density at radius 2 is 1.77 bits per heavy atom. The van der Waals surface area contributed by atoms with E-state index in [0.29, 0.717) is 64.4 Å². The predicted octanol–water partition coefficient (Wildman–Crippen LogP) is 4.26. The van der Waals surface area contributed by atoms with Crippen molar-refractivity contribution in [2.45, 2.75) is 96.8 Å². The standard InChI is InChI=1S/C20H34N2O6.C12H17NO2/c1-18(2,3)28-17(25)21-9-7-19(14-21)15-26-13-11-22(19)10-8-20(16(23)24)6-4-5-12-27-20;1-4-5-13-12(15)10-6-8(2)11(14)9(3)7-10/h4-15H2,1-3H3,(H,23,24);6-7,14H,4-5H2,1-3H3,(H,13,15)/t19-,20-;/m0./s1. The number of carboxylic acid groups (broad SMARTS) is 1. The second-order valence-electron chi connectivity index (χ2n) is 13.0. The molecule has 0 aliphatic carbocycles. The Bertz CT molecular complexity index is 1110. The van der Waals surface area contributed by atoms with Crippen LogP contribution in [0.5, 0.6) is 5.75 Å². The first-order valence-electron chi connectivity index (χ1n) is 15.5. The van der Waals surface area contributed by atoms with E-state index in [1.807, 2.05) is 27.7 Å². The SMILES string of the molecule is CC(C)(C)OC(=O)N1CC[C@@]2(COCCN2CC[C@]2(C(=O)O)CCCCO2)C1.CCCNC(=O)c1cc(C)c(O)c(C)c1. The van der Waals surface area contributed by atoms with Crippen LogP contribution in [0.4, 0.5) is 4.79 Å². The highest BCUT2D eigenvalue weighted by Gasteiger charge is 2.49. The Balaban J connectivity index is 0.000000285. The molecule has 0 radical (unpaired) electrons. The summed E-state index contributed by atoms with van der Waals surface area (Å²) in [4.78, 5) is 40.1. The number of rotatable bonds is 7. The van der Waals surface area contributed by atoms with Gasteiger partial charge in [-0.25, -0.2) is 9.59 Å². The van der Waals surface area contributed by atoms with Crippen molar-refractivity contribution in [2.75, 3.05) is 52.5 Å². The summed E-state index contributed by atoms with van der Waals surface area (Å²) < 4.78 is 17.0. The summed E-state index contributed by atoms with van der Waals surface area (Å²) in [7, 11) is 0. The summed E-state index contributed by atoms with van der Waals surface area (Å²) in [5.74, 6) is -0.679. The third-order valence-electron chi connectivity index (χ3n) is 8.35. The van der Waals surface area contributed by atoms with E-state index >= 15 is 0 Å². The Labute approximate surface area is 255 Å². The summed E-state index contributed by atoms with van der Waals surface area (Å²) in [5.41, 5.74) is 0.191. The quantitative estimate of drug-likeness (QED) is 0.416. The molecular weight excluding hydrogens is 554 g/mol. The molecule has 11 nitrogen and oxygen atoms in total. The molecule has 4 rings (SSSR count). The van der Waals surface area contributed by atoms with Crippen molar-refractivity contribution in [1.29, 1.82) is 0 Å². The van der Waals surface area contributed by atoms with Gasteiger partial charge in [0.05, 0.1) is 18.8 Å². The molecule has 11 heteroatoms. The molecule has 0 saturated carbocycles. The maximum Gasteiger partial charge on any atom is 0.410 e. The highest BCUT2D eigenvalue weighted by atomic mass is 16.6. The maximum atomic E-state index is 12.5. The fourth-order valence-corrected chi connectivity index (χ4v) is 5.90. The van der Waals surface area contributed by atoms with Crippen LogP contribution in [-0.2, 0) is 19.0 Å².